The van der Waals surface area contributed by atoms with E-state index >= 15 is 0 Å². The van der Waals surface area contributed by atoms with Gasteiger partial charge in [0.05, 0.1) is 12.1 Å². The van der Waals surface area contributed by atoms with Crippen molar-refractivity contribution in [1.29, 1.82) is 0 Å². The molecule has 0 unspecified atom stereocenters. The molecule has 72 valence electrons. The first-order valence-electron chi connectivity index (χ1n) is 4.41. The van der Waals surface area contributed by atoms with Crippen LogP contribution in [-0.2, 0) is 10.3 Å². The van der Waals surface area contributed by atoms with Gasteiger partial charge in [0.1, 0.15) is 12.7 Å². The first kappa shape index (κ1) is 8.65. The fraction of sp³-hybridized carbons (Fsp3) is 0.750. The van der Waals surface area contributed by atoms with Gasteiger partial charge >= 0.3 is 0 Å². The zero-order chi connectivity index (χ0) is 9.15. The normalized spacial score (nSPS) is 21.6. The quantitative estimate of drug-likeness (QED) is 0.688. The molecule has 1 aliphatic heterocycles. The van der Waals surface area contributed by atoms with Crippen LogP contribution >= 0.6 is 0 Å². The van der Waals surface area contributed by atoms with Gasteiger partial charge in [0.2, 0.25) is 0 Å². The van der Waals surface area contributed by atoms with Crippen LogP contribution in [0.3, 0.4) is 0 Å². The Bertz CT molecular complexity index is 254. The lowest BCUT2D eigenvalue weighted by Crippen LogP contribution is -2.42. The van der Waals surface area contributed by atoms with Crippen molar-refractivity contribution in [3.8, 4) is 0 Å². The van der Waals surface area contributed by atoms with Crippen LogP contribution in [-0.4, -0.2) is 39.7 Å². The lowest BCUT2D eigenvalue weighted by molar-refractivity contribution is -0.00845. The van der Waals surface area contributed by atoms with Crippen LogP contribution in [0.15, 0.2) is 12.7 Å². The van der Waals surface area contributed by atoms with E-state index in [4.69, 9.17) is 4.74 Å². The topological polar surface area (TPSA) is 60.2 Å². The number of nitrogens with zero attached hydrogens (tertiary/aromatic N) is 3. The van der Waals surface area contributed by atoms with E-state index in [1.165, 1.54) is 0 Å². The molecule has 0 bridgehead atoms. The van der Waals surface area contributed by atoms with E-state index in [1.54, 1.807) is 12.7 Å². The van der Waals surface area contributed by atoms with E-state index in [-0.39, 0.29) is 12.1 Å². The van der Waals surface area contributed by atoms with Gasteiger partial charge in [0.25, 0.3) is 0 Å². The molecule has 1 N–H and O–H groups in total. The van der Waals surface area contributed by atoms with Crippen LogP contribution in [0.1, 0.15) is 12.8 Å². The fourth-order valence-corrected chi connectivity index (χ4v) is 1.69. The molecule has 0 amide bonds. The summed E-state index contributed by atoms with van der Waals surface area (Å²) in [6.45, 7) is 1.51. The van der Waals surface area contributed by atoms with Crippen molar-refractivity contribution < 1.29 is 9.84 Å². The standard InChI is InChI=1S/C8H13N3O2/c12-5-8(1-3-13-4-2-8)11-6-9-10-7-11/h6-7,12H,1-5H2. The summed E-state index contributed by atoms with van der Waals surface area (Å²) in [5.41, 5.74) is -0.234. The lowest BCUT2D eigenvalue weighted by atomic mass is 9.91. The van der Waals surface area contributed by atoms with Crippen molar-refractivity contribution in [1.82, 2.24) is 14.8 Å². The number of hydrogen-bond donors (Lipinski definition) is 1. The zero-order valence-electron chi connectivity index (χ0n) is 7.39. The van der Waals surface area contributed by atoms with Gasteiger partial charge in [-0.3, -0.25) is 0 Å². The maximum absolute atomic E-state index is 9.38. The Morgan fingerprint density at radius 3 is 2.46 bits per heavy atom. The molecule has 0 radical (unpaired) electrons. The largest absolute Gasteiger partial charge is 0.394 e. The summed E-state index contributed by atoms with van der Waals surface area (Å²) < 4.78 is 7.14. The number of aliphatic hydroxyl groups excluding tert-OH is 1. The van der Waals surface area contributed by atoms with E-state index in [2.05, 4.69) is 10.2 Å². The van der Waals surface area contributed by atoms with E-state index in [1.807, 2.05) is 4.57 Å². The minimum atomic E-state index is -0.234. The van der Waals surface area contributed by atoms with Gasteiger partial charge in [-0.05, 0) is 12.8 Å². The van der Waals surface area contributed by atoms with Crippen LogP contribution < -0.4 is 0 Å². The summed E-state index contributed by atoms with van der Waals surface area (Å²) in [6.07, 6.45) is 4.95. The number of aliphatic hydroxyl groups is 1. The molecule has 1 fully saturated rings. The van der Waals surface area contributed by atoms with Crippen molar-refractivity contribution in [3.05, 3.63) is 12.7 Å². The summed E-state index contributed by atoms with van der Waals surface area (Å²) in [5.74, 6) is 0. The number of rotatable bonds is 2. The van der Waals surface area contributed by atoms with Crippen LogP contribution in [0.4, 0.5) is 0 Å². The highest BCUT2D eigenvalue weighted by Crippen LogP contribution is 2.27. The number of aromatic nitrogens is 3. The van der Waals surface area contributed by atoms with E-state index in [0.29, 0.717) is 13.2 Å². The summed E-state index contributed by atoms with van der Waals surface area (Å²) in [5, 5.41) is 16.9. The Balaban J connectivity index is 2.23. The first-order valence-corrected chi connectivity index (χ1v) is 4.41. The third-order valence-electron chi connectivity index (χ3n) is 2.68. The molecule has 0 aliphatic carbocycles. The van der Waals surface area contributed by atoms with Crippen LogP contribution in [0, 0.1) is 0 Å². The van der Waals surface area contributed by atoms with Crippen molar-refractivity contribution in [2.75, 3.05) is 19.8 Å². The predicted octanol–water partition coefficient (Wildman–Crippen LogP) is -0.224. The molecular formula is C8H13N3O2. The fourth-order valence-electron chi connectivity index (χ4n) is 1.69. The van der Waals surface area contributed by atoms with Crippen molar-refractivity contribution in [2.24, 2.45) is 0 Å². The van der Waals surface area contributed by atoms with E-state index in [9.17, 15) is 5.11 Å². The monoisotopic (exact) mass is 183 g/mol. The van der Waals surface area contributed by atoms with Crippen molar-refractivity contribution in [3.63, 3.8) is 0 Å². The number of hydrogen-bond acceptors (Lipinski definition) is 4. The molecule has 0 aromatic carbocycles. The van der Waals surface area contributed by atoms with Gasteiger partial charge in [-0.2, -0.15) is 0 Å². The van der Waals surface area contributed by atoms with Gasteiger partial charge in [0.15, 0.2) is 0 Å². The minimum Gasteiger partial charge on any atom is -0.394 e. The molecule has 1 saturated heterocycles. The zero-order valence-corrected chi connectivity index (χ0v) is 7.39. The van der Waals surface area contributed by atoms with Gasteiger partial charge in [0, 0.05) is 13.2 Å². The third kappa shape index (κ3) is 1.45. The molecular weight excluding hydrogens is 170 g/mol. The summed E-state index contributed by atoms with van der Waals surface area (Å²) in [7, 11) is 0. The molecule has 13 heavy (non-hydrogen) atoms. The van der Waals surface area contributed by atoms with Crippen LogP contribution in [0.5, 0.6) is 0 Å². The Morgan fingerprint density at radius 2 is 1.92 bits per heavy atom. The van der Waals surface area contributed by atoms with Gasteiger partial charge in [-0.15, -0.1) is 10.2 Å². The molecule has 5 heteroatoms. The molecule has 0 spiro atoms. The Morgan fingerprint density at radius 1 is 1.31 bits per heavy atom. The van der Waals surface area contributed by atoms with Gasteiger partial charge in [-0.25, -0.2) is 0 Å². The molecule has 2 heterocycles. The summed E-state index contributed by atoms with van der Waals surface area (Å²) >= 11 is 0. The van der Waals surface area contributed by atoms with Crippen LogP contribution in [0.25, 0.3) is 0 Å². The Labute approximate surface area is 76.3 Å². The molecule has 0 atom stereocenters. The second-order valence-corrected chi connectivity index (χ2v) is 3.36. The third-order valence-corrected chi connectivity index (χ3v) is 2.68. The smallest absolute Gasteiger partial charge is 0.119 e. The predicted molar refractivity (Wildman–Crippen MR) is 45.1 cm³/mol. The van der Waals surface area contributed by atoms with E-state index < -0.39 is 0 Å². The van der Waals surface area contributed by atoms with Crippen molar-refractivity contribution in [2.45, 2.75) is 18.4 Å². The molecule has 5 nitrogen and oxygen atoms in total. The van der Waals surface area contributed by atoms with E-state index in [0.717, 1.165) is 12.8 Å². The highest BCUT2D eigenvalue weighted by Gasteiger charge is 2.33. The SMILES string of the molecule is OCC1(n2cnnc2)CCOCC1. The molecule has 0 saturated carbocycles. The maximum Gasteiger partial charge on any atom is 0.119 e. The van der Waals surface area contributed by atoms with Gasteiger partial charge < -0.3 is 14.4 Å². The molecule has 1 aromatic heterocycles. The first-order chi connectivity index (χ1) is 6.37. The summed E-state index contributed by atoms with van der Waals surface area (Å²) in [4.78, 5) is 0. The van der Waals surface area contributed by atoms with Gasteiger partial charge in [-0.1, -0.05) is 0 Å². The van der Waals surface area contributed by atoms with Crippen molar-refractivity contribution >= 4 is 0 Å². The summed E-state index contributed by atoms with van der Waals surface area (Å²) in [6, 6.07) is 0. The average molecular weight is 183 g/mol. The molecule has 1 aromatic rings. The Hall–Kier alpha value is -0.940. The maximum atomic E-state index is 9.38. The Kier molecular flexibility index (Phi) is 2.28. The van der Waals surface area contributed by atoms with Crippen LogP contribution in [0.2, 0.25) is 0 Å². The highest BCUT2D eigenvalue weighted by atomic mass is 16.5. The second-order valence-electron chi connectivity index (χ2n) is 3.36. The number of ether oxygens (including phenoxy) is 1. The molecule has 2 rings (SSSR count). The lowest BCUT2D eigenvalue weighted by Gasteiger charge is -2.36. The highest BCUT2D eigenvalue weighted by molar-refractivity contribution is 4.89. The second kappa shape index (κ2) is 3.43. The molecule has 1 aliphatic rings. The average Bonchev–Trinajstić information content (AvgIpc) is 2.72. The minimum absolute atomic E-state index is 0.119.